The molecule has 4 aromatic rings. The Balaban J connectivity index is 1.55. The zero-order valence-electron chi connectivity index (χ0n) is 18.7. The highest BCUT2D eigenvalue weighted by atomic mass is 16.5. The number of rotatable bonds is 9. The first-order valence-electron chi connectivity index (χ1n) is 11.2. The molecule has 4 rings (SSSR count). The van der Waals surface area contributed by atoms with Crippen LogP contribution < -0.4 is 0 Å². The fraction of sp³-hybridized carbons (Fsp3) is 0.179. The summed E-state index contributed by atoms with van der Waals surface area (Å²) < 4.78 is 1.90. The topological polar surface area (TPSA) is 85.9 Å². The summed E-state index contributed by atoms with van der Waals surface area (Å²) in [5, 5.41) is 29.2. The third kappa shape index (κ3) is 5.61. The van der Waals surface area contributed by atoms with Crippen molar-refractivity contribution in [3.05, 3.63) is 115 Å². The molecule has 1 atom stereocenters. The molecule has 0 aliphatic rings. The summed E-state index contributed by atoms with van der Waals surface area (Å²) in [6.07, 6.45) is 1.85. The molecule has 0 saturated carbocycles. The van der Waals surface area contributed by atoms with Crippen LogP contribution in [0, 0.1) is 0 Å². The van der Waals surface area contributed by atoms with Crippen LogP contribution in [0.25, 0.3) is 16.8 Å². The Labute approximate surface area is 199 Å². The average Bonchev–Trinajstić information content (AvgIpc) is 3.37. The Morgan fingerprint density at radius 1 is 0.824 bits per heavy atom. The maximum atomic E-state index is 13.3. The summed E-state index contributed by atoms with van der Waals surface area (Å²) in [6, 6.07) is 29.4. The predicted octanol–water partition coefficient (Wildman–Crippen LogP) is 3.91. The second-order valence-corrected chi connectivity index (χ2v) is 8.20. The molecule has 0 saturated heterocycles. The molecule has 0 aliphatic carbocycles. The van der Waals surface area contributed by atoms with Gasteiger partial charge < -0.3 is 24.8 Å². The Morgan fingerprint density at radius 2 is 1.44 bits per heavy atom. The van der Waals surface area contributed by atoms with Gasteiger partial charge in [-0.1, -0.05) is 72.8 Å². The van der Waals surface area contributed by atoms with Crippen LogP contribution in [0.5, 0.6) is 0 Å². The zero-order valence-corrected chi connectivity index (χ0v) is 18.7. The van der Waals surface area contributed by atoms with Gasteiger partial charge in [-0.15, -0.1) is 0 Å². The highest BCUT2D eigenvalue weighted by Gasteiger charge is 2.28. The lowest BCUT2D eigenvalue weighted by Gasteiger charge is -2.26. The summed E-state index contributed by atoms with van der Waals surface area (Å²) in [5.74, 6) is -1.17. The van der Waals surface area contributed by atoms with Gasteiger partial charge in [0.2, 0.25) is 5.91 Å². The number of hydrogen-bond donors (Lipinski definition) is 3. The molecular formula is C28H28N2O4. The number of amides is 1. The molecule has 1 unspecified atom stereocenters. The minimum absolute atomic E-state index is 0.166. The second kappa shape index (κ2) is 10.9. The van der Waals surface area contributed by atoms with E-state index in [-0.39, 0.29) is 18.9 Å². The van der Waals surface area contributed by atoms with Gasteiger partial charge >= 0.3 is 0 Å². The van der Waals surface area contributed by atoms with E-state index < -0.39 is 18.9 Å². The smallest absolute Gasteiger partial charge is 0.232 e. The van der Waals surface area contributed by atoms with E-state index in [1.807, 2.05) is 89.8 Å². The van der Waals surface area contributed by atoms with Gasteiger partial charge in [-0.25, -0.2) is 0 Å². The van der Waals surface area contributed by atoms with E-state index in [4.69, 9.17) is 0 Å². The standard InChI is InChI=1S/C28H28N2O4/c31-20-30(18-21-7-3-1-4-8-21)28(34)26(17-27(32)33)24-15-16-29(19-24)25-13-11-23(12-14-25)22-9-5-2-6-10-22/h1-16,19,26-27,31-33H,17-18,20H2. The van der Waals surface area contributed by atoms with Crippen molar-refractivity contribution < 1.29 is 20.1 Å². The fourth-order valence-electron chi connectivity index (χ4n) is 4.05. The Kier molecular flexibility index (Phi) is 7.54. The third-order valence-corrected chi connectivity index (χ3v) is 5.83. The van der Waals surface area contributed by atoms with E-state index in [0.717, 1.165) is 22.4 Å². The van der Waals surface area contributed by atoms with Gasteiger partial charge in [0.25, 0.3) is 0 Å². The highest BCUT2D eigenvalue weighted by Crippen LogP contribution is 2.27. The van der Waals surface area contributed by atoms with E-state index in [1.165, 1.54) is 4.90 Å². The number of carbonyl (C=O) groups is 1. The molecule has 0 radical (unpaired) electrons. The molecular weight excluding hydrogens is 428 g/mol. The van der Waals surface area contributed by atoms with Gasteiger partial charge in [-0.2, -0.15) is 0 Å². The first-order chi connectivity index (χ1) is 16.5. The number of hydrogen-bond acceptors (Lipinski definition) is 4. The fourth-order valence-corrected chi connectivity index (χ4v) is 4.05. The van der Waals surface area contributed by atoms with Crippen LogP contribution in [-0.2, 0) is 11.3 Å². The minimum Gasteiger partial charge on any atom is -0.376 e. The molecule has 1 aromatic heterocycles. The highest BCUT2D eigenvalue weighted by molar-refractivity contribution is 5.83. The maximum absolute atomic E-state index is 13.3. The Bertz CT molecular complexity index is 1190. The van der Waals surface area contributed by atoms with Crippen molar-refractivity contribution in [3.8, 4) is 16.8 Å². The maximum Gasteiger partial charge on any atom is 0.232 e. The molecule has 0 aliphatic heterocycles. The van der Waals surface area contributed by atoms with E-state index in [9.17, 15) is 20.1 Å². The number of carbonyl (C=O) groups excluding carboxylic acids is 1. The number of aliphatic hydroxyl groups excluding tert-OH is 2. The van der Waals surface area contributed by atoms with Crippen LogP contribution in [0.1, 0.15) is 23.5 Å². The van der Waals surface area contributed by atoms with Gasteiger partial charge in [-0.05, 0) is 40.5 Å². The first kappa shape index (κ1) is 23.4. The normalized spacial score (nSPS) is 12.0. The second-order valence-electron chi connectivity index (χ2n) is 8.20. The van der Waals surface area contributed by atoms with E-state index in [0.29, 0.717) is 5.56 Å². The lowest BCUT2D eigenvalue weighted by molar-refractivity contribution is -0.140. The van der Waals surface area contributed by atoms with Gasteiger partial charge in [0.15, 0.2) is 6.29 Å². The average molecular weight is 457 g/mol. The number of benzene rings is 3. The molecule has 0 bridgehead atoms. The van der Waals surface area contributed by atoms with Crippen molar-refractivity contribution in [1.82, 2.24) is 9.47 Å². The van der Waals surface area contributed by atoms with Crippen molar-refractivity contribution in [1.29, 1.82) is 0 Å². The van der Waals surface area contributed by atoms with Crippen molar-refractivity contribution in [2.75, 3.05) is 6.73 Å². The van der Waals surface area contributed by atoms with Crippen molar-refractivity contribution in [2.24, 2.45) is 0 Å². The van der Waals surface area contributed by atoms with E-state index in [2.05, 4.69) is 12.1 Å². The van der Waals surface area contributed by atoms with Crippen molar-refractivity contribution in [2.45, 2.75) is 25.2 Å². The van der Waals surface area contributed by atoms with Crippen molar-refractivity contribution in [3.63, 3.8) is 0 Å². The Morgan fingerprint density at radius 3 is 2.06 bits per heavy atom. The molecule has 174 valence electrons. The predicted molar refractivity (Wildman–Crippen MR) is 131 cm³/mol. The molecule has 0 spiro atoms. The lowest BCUT2D eigenvalue weighted by atomic mass is 9.96. The van der Waals surface area contributed by atoms with Gasteiger partial charge in [0.05, 0.1) is 5.92 Å². The van der Waals surface area contributed by atoms with Crippen LogP contribution in [-0.4, -0.2) is 43.7 Å². The zero-order chi connectivity index (χ0) is 23.9. The van der Waals surface area contributed by atoms with Gasteiger partial charge in [0, 0.05) is 31.0 Å². The third-order valence-electron chi connectivity index (χ3n) is 5.83. The monoisotopic (exact) mass is 456 g/mol. The van der Waals surface area contributed by atoms with Gasteiger partial charge in [0.1, 0.15) is 6.73 Å². The minimum atomic E-state index is -1.65. The summed E-state index contributed by atoms with van der Waals surface area (Å²) in [5.41, 5.74) is 4.69. The molecule has 6 nitrogen and oxygen atoms in total. The molecule has 1 heterocycles. The summed E-state index contributed by atoms with van der Waals surface area (Å²) in [7, 11) is 0. The molecule has 34 heavy (non-hydrogen) atoms. The SMILES string of the molecule is O=C(C(CC(O)O)c1ccn(-c2ccc(-c3ccccc3)cc2)c1)N(CO)Cc1ccccc1. The van der Waals surface area contributed by atoms with Crippen LogP contribution in [0.15, 0.2) is 103 Å². The van der Waals surface area contributed by atoms with Crippen LogP contribution in [0.3, 0.4) is 0 Å². The van der Waals surface area contributed by atoms with Crippen LogP contribution >= 0.6 is 0 Å². The van der Waals surface area contributed by atoms with E-state index >= 15 is 0 Å². The molecule has 1 amide bonds. The van der Waals surface area contributed by atoms with Gasteiger partial charge in [-0.3, -0.25) is 4.79 Å². The molecule has 6 heteroatoms. The lowest BCUT2D eigenvalue weighted by Crippen LogP contribution is -2.36. The molecule has 3 N–H and O–H groups in total. The van der Waals surface area contributed by atoms with Crippen LogP contribution in [0.2, 0.25) is 0 Å². The summed E-state index contributed by atoms with van der Waals surface area (Å²) >= 11 is 0. The number of aliphatic hydroxyl groups is 3. The Hall–Kier alpha value is -3.71. The summed E-state index contributed by atoms with van der Waals surface area (Å²) in [4.78, 5) is 14.6. The van der Waals surface area contributed by atoms with Crippen LogP contribution in [0.4, 0.5) is 0 Å². The molecule has 3 aromatic carbocycles. The molecule has 0 fully saturated rings. The largest absolute Gasteiger partial charge is 0.376 e. The van der Waals surface area contributed by atoms with Crippen molar-refractivity contribution >= 4 is 5.91 Å². The first-order valence-corrected chi connectivity index (χ1v) is 11.2. The quantitative estimate of drug-likeness (QED) is 0.334. The van der Waals surface area contributed by atoms with E-state index in [1.54, 1.807) is 6.07 Å². The number of nitrogens with zero attached hydrogens (tertiary/aromatic N) is 2. The number of aromatic nitrogens is 1. The summed E-state index contributed by atoms with van der Waals surface area (Å²) in [6.45, 7) is -0.233.